The van der Waals surface area contributed by atoms with Gasteiger partial charge < -0.3 is 19.1 Å². The van der Waals surface area contributed by atoms with Gasteiger partial charge >= 0.3 is 0 Å². The number of carbonyl (C=O) groups excluding carboxylic acids is 1. The van der Waals surface area contributed by atoms with E-state index in [-0.39, 0.29) is 18.4 Å². The number of fused-ring (bicyclic) bond motifs is 1. The summed E-state index contributed by atoms with van der Waals surface area (Å²) in [4.78, 5) is 16.9. The Balaban J connectivity index is 1.20. The van der Waals surface area contributed by atoms with Crippen LogP contribution >= 0.6 is 11.6 Å². The Morgan fingerprint density at radius 2 is 1.94 bits per heavy atom. The molecule has 160 valence electrons. The van der Waals surface area contributed by atoms with Gasteiger partial charge in [0.15, 0.2) is 5.76 Å². The highest BCUT2D eigenvalue weighted by molar-refractivity contribution is 6.33. The largest absolute Gasteiger partial charge is 0.490 e. The highest BCUT2D eigenvalue weighted by Crippen LogP contribution is 2.33. The third kappa shape index (κ3) is 4.12. The lowest BCUT2D eigenvalue weighted by Gasteiger charge is -2.36. The van der Waals surface area contributed by atoms with E-state index in [1.165, 1.54) is 5.56 Å². The maximum absolute atomic E-state index is 12.8. The summed E-state index contributed by atoms with van der Waals surface area (Å²) in [6.07, 6.45) is 1.33. The van der Waals surface area contributed by atoms with Gasteiger partial charge in [0.05, 0.1) is 22.8 Å². The maximum atomic E-state index is 12.8. The van der Waals surface area contributed by atoms with E-state index in [0.29, 0.717) is 24.5 Å². The van der Waals surface area contributed by atoms with Crippen LogP contribution in [0.2, 0.25) is 5.02 Å². The number of hydrogen-bond acceptors (Lipinski definition) is 5. The van der Waals surface area contributed by atoms with Gasteiger partial charge in [-0.3, -0.25) is 4.79 Å². The lowest BCUT2D eigenvalue weighted by Crippen LogP contribution is -2.49. The Hall–Kier alpha value is -2.99. The fourth-order valence-corrected chi connectivity index (χ4v) is 4.53. The Morgan fingerprint density at radius 3 is 2.74 bits per heavy atom. The molecular formula is C24H24ClN3O3. The first-order valence-electron chi connectivity index (χ1n) is 10.6. The van der Waals surface area contributed by atoms with Crippen molar-refractivity contribution in [3.63, 3.8) is 0 Å². The topological polar surface area (TPSA) is 58.8 Å². The van der Waals surface area contributed by atoms with Crippen LogP contribution in [0.4, 0.5) is 5.69 Å². The first-order chi connectivity index (χ1) is 15.1. The molecule has 6 nitrogen and oxygen atoms in total. The molecule has 1 aromatic heterocycles. The van der Waals surface area contributed by atoms with Crippen molar-refractivity contribution in [2.45, 2.75) is 25.9 Å². The fraction of sp³-hybridized carbons (Fsp3) is 0.333. The summed E-state index contributed by atoms with van der Waals surface area (Å²) in [5, 5.41) is 4.87. The molecule has 2 aliphatic heterocycles. The molecule has 1 atom stereocenters. The summed E-state index contributed by atoms with van der Waals surface area (Å²) in [5.41, 5.74) is 3.80. The maximum Gasteiger partial charge on any atom is 0.228 e. The first kappa shape index (κ1) is 19.9. The minimum Gasteiger partial charge on any atom is -0.490 e. The molecule has 5 rings (SSSR count). The van der Waals surface area contributed by atoms with E-state index in [1.54, 1.807) is 0 Å². The van der Waals surface area contributed by atoms with Crippen molar-refractivity contribution in [3.8, 4) is 17.1 Å². The lowest BCUT2D eigenvalue weighted by molar-refractivity contribution is -0.130. The van der Waals surface area contributed by atoms with Crippen LogP contribution in [0.15, 0.2) is 53.1 Å². The number of para-hydroxylation sites is 1. The number of carbonyl (C=O) groups is 1. The second-order valence-electron chi connectivity index (χ2n) is 8.13. The molecule has 31 heavy (non-hydrogen) atoms. The summed E-state index contributed by atoms with van der Waals surface area (Å²) < 4.78 is 11.3. The molecule has 7 heteroatoms. The number of halogens is 1. The second kappa shape index (κ2) is 8.27. The van der Waals surface area contributed by atoms with Crippen molar-refractivity contribution in [1.29, 1.82) is 0 Å². The molecule has 1 saturated heterocycles. The number of benzene rings is 2. The van der Waals surface area contributed by atoms with Crippen molar-refractivity contribution in [2.75, 3.05) is 31.1 Å². The second-order valence-corrected chi connectivity index (χ2v) is 8.54. The molecule has 2 aliphatic rings. The first-order valence-corrected chi connectivity index (χ1v) is 11.0. The van der Waals surface area contributed by atoms with Crippen molar-refractivity contribution in [2.24, 2.45) is 0 Å². The highest BCUT2D eigenvalue weighted by Gasteiger charge is 2.24. The summed E-state index contributed by atoms with van der Waals surface area (Å²) >= 11 is 6.31. The van der Waals surface area contributed by atoms with E-state index in [2.05, 4.69) is 23.0 Å². The standard InChI is InChI=1S/C24H24ClN3O3/c1-16-12-18-13-17(6-7-22(18)30-16)23-14-19(26-31-23)15-24(29)28-10-8-27(9-11-28)21-5-3-2-4-20(21)25/h2-7,13-14,16H,8-12,15H2,1H3. The van der Waals surface area contributed by atoms with Gasteiger partial charge in [-0.2, -0.15) is 0 Å². The predicted molar refractivity (Wildman–Crippen MR) is 120 cm³/mol. The van der Waals surface area contributed by atoms with E-state index in [4.69, 9.17) is 20.9 Å². The Labute approximate surface area is 186 Å². The van der Waals surface area contributed by atoms with E-state index in [0.717, 1.165) is 41.5 Å². The molecule has 1 unspecified atom stereocenters. The van der Waals surface area contributed by atoms with Gasteiger partial charge in [0, 0.05) is 44.2 Å². The van der Waals surface area contributed by atoms with Gasteiger partial charge in [-0.25, -0.2) is 0 Å². The van der Waals surface area contributed by atoms with Crippen LogP contribution in [-0.4, -0.2) is 48.2 Å². The van der Waals surface area contributed by atoms with E-state index in [9.17, 15) is 4.79 Å². The highest BCUT2D eigenvalue weighted by atomic mass is 35.5. The predicted octanol–water partition coefficient (Wildman–Crippen LogP) is 4.21. The molecular weight excluding hydrogens is 414 g/mol. The van der Waals surface area contributed by atoms with Crippen molar-refractivity contribution >= 4 is 23.2 Å². The van der Waals surface area contributed by atoms with Crippen LogP contribution in [-0.2, 0) is 17.6 Å². The average molecular weight is 438 g/mol. The quantitative estimate of drug-likeness (QED) is 0.612. The van der Waals surface area contributed by atoms with Gasteiger partial charge in [0.25, 0.3) is 0 Å². The number of amides is 1. The van der Waals surface area contributed by atoms with E-state index >= 15 is 0 Å². The molecule has 0 saturated carbocycles. The molecule has 0 spiro atoms. The Bertz CT molecular complexity index is 1100. The summed E-state index contributed by atoms with van der Waals surface area (Å²) in [7, 11) is 0. The molecule has 1 fully saturated rings. The number of nitrogens with zero attached hydrogens (tertiary/aromatic N) is 3. The summed E-state index contributed by atoms with van der Waals surface area (Å²) in [6, 6.07) is 15.7. The molecule has 2 aromatic carbocycles. The van der Waals surface area contributed by atoms with Crippen molar-refractivity contribution in [1.82, 2.24) is 10.1 Å². The van der Waals surface area contributed by atoms with Gasteiger partial charge in [-0.05, 0) is 42.8 Å². The molecule has 0 aliphatic carbocycles. The SMILES string of the molecule is CC1Cc2cc(-c3cc(CC(=O)N4CCN(c5ccccc5Cl)CC4)no3)ccc2O1. The number of rotatable bonds is 4. The molecule has 0 radical (unpaired) electrons. The van der Waals surface area contributed by atoms with Crippen LogP contribution in [0.3, 0.4) is 0 Å². The van der Waals surface area contributed by atoms with Crippen LogP contribution in [0, 0.1) is 0 Å². The average Bonchev–Trinajstić information content (AvgIpc) is 3.39. The number of aromatic nitrogens is 1. The number of ether oxygens (including phenoxy) is 1. The molecule has 0 bridgehead atoms. The van der Waals surface area contributed by atoms with Gasteiger partial charge in [0.1, 0.15) is 11.9 Å². The Morgan fingerprint density at radius 1 is 1.13 bits per heavy atom. The monoisotopic (exact) mass is 437 g/mol. The zero-order valence-corrected chi connectivity index (χ0v) is 18.1. The minimum atomic E-state index is 0.0647. The van der Waals surface area contributed by atoms with Crippen LogP contribution in [0.1, 0.15) is 18.2 Å². The summed E-state index contributed by atoms with van der Waals surface area (Å²) in [6.45, 7) is 4.91. The summed E-state index contributed by atoms with van der Waals surface area (Å²) in [5.74, 6) is 1.67. The van der Waals surface area contributed by atoms with Gasteiger partial charge in [0.2, 0.25) is 5.91 Å². The fourth-order valence-electron chi connectivity index (χ4n) is 4.28. The molecule has 1 amide bonds. The molecule has 3 aromatic rings. The van der Waals surface area contributed by atoms with Crippen LogP contribution in [0.5, 0.6) is 5.75 Å². The third-order valence-corrected chi connectivity index (χ3v) is 6.22. The zero-order chi connectivity index (χ0) is 21.4. The van der Waals surface area contributed by atoms with E-state index < -0.39 is 0 Å². The van der Waals surface area contributed by atoms with Gasteiger partial charge in [-0.15, -0.1) is 0 Å². The molecule has 0 N–H and O–H groups in total. The number of piperazine rings is 1. The van der Waals surface area contributed by atoms with Crippen molar-refractivity contribution in [3.05, 3.63) is 64.8 Å². The number of anilines is 1. The van der Waals surface area contributed by atoms with Crippen molar-refractivity contribution < 1.29 is 14.1 Å². The molecule has 3 heterocycles. The normalized spacial score (nSPS) is 18.1. The van der Waals surface area contributed by atoms with Crippen LogP contribution < -0.4 is 9.64 Å². The number of hydrogen-bond donors (Lipinski definition) is 0. The smallest absolute Gasteiger partial charge is 0.228 e. The minimum absolute atomic E-state index is 0.0647. The lowest BCUT2D eigenvalue weighted by atomic mass is 10.1. The van der Waals surface area contributed by atoms with Gasteiger partial charge in [-0.1, -0.05) is 28.9 Å². The zero-order valence-electron chi connectivity index (χ0n) is 17.4. The van der Waals surface area contributed by atoms with Crippen LogP contribution in [0.25, 0.3) is 11.3 Å². The Kier molecular flexibility index (Phi) is 5.32. The third-order valence-electron chi connectivity index (χ3n) is 5.90. The van der Waals surface area contributed by atoms with E-state index in [1.807, 2.05) is 47.4 Å².